The molecule has 0 aromatic carbocycles. The normalized spacial score (nSPS) is 11.6. The number of nitrogen functional groups attached to an aromatic ring is 1. The Morgan fingerprint density at radius 3 is 2.33 bits per heavy atom. The van der Waals surface area contributed by atoms with Gasteiger partial charge in [-0.1, -0.05) is 0 Å². The van der Waals surface area contributed by atoms with Crippen molar-refractivity contribution in [2.45, 2.75) is 6.18 Å². The van der Waals surface area contributed by atoms with Crippen LogP contribution >= 0.6 is 0 Å². The molecule has 1 aromatic heterocycles. The number of alkyl halides is 3. The van der Waals surface area contributed by atoms with Gasteiger partial charge in [0.15, 0.2) is 0 Å². The number of H-pyrrole nitrogens is 1. The van der Waals surface area contributed by atoms with E-state index in [-0.39, 0.29) is 0 Å². The average molecular weight is 178 g/mol. The van der Waals surface area contributed by atoms with Crippen molar-refractivity contribution in [3.63, 3.8) is 0 Å². The van der Waals surface area contributed by atoms with Crippen LogP contribution in [-0.2, 0) is 6.18 Å². The Labute approximate surface area is 65.0 Å². The zero-order valence-electron chi connectivity index (χ0n) is 5.77. The number of aromatic nitrogens is 1. The minimum absolute atomic E-state index is 0.564. The van der Waals surface area contributed by atoms with E-state index in [1.807, 2.05) is 4.98 Å². The van der Waals surface area contributed by atoms with Crippen molar-refractivity contribution in [3.8, 4) is 0 Å². The van der Waals surface area contributed by atoms with E-state index >= 15 is 0 Å². The van der Waals surface area contributed by atoms with Crippen LogP contribution in [0.15, 0.2) is 17.1 Å². The van der Waals surface area contributed by atoms with Crippen molar-refractivity contribution in [1.29, 1.82) is 0 Å². The molecule has 66 valence electrons. The number of nitrogens with one attached hydrogen (secondary N) is 1. The highest BCUT2D eigenvalue weighted by Crippen LogP contribution is 2.29. The molecule has 0 amide bonds. The van der Waals surface area contributed by atoms with E-state index in [9.17, 15) is 18.0 Å². The molecule has 3 nitrogen and oxygen atoms in total. The molecule has 0 bridgehead atoms. The molecule has 1 rings (SSSR count). The van der Waals surface area contributed by atoms with Gasteiger partial charge in [-0.3, -0.25) is 4.79 Å². The molecule has 12 heavy (non-hydrogen) atoms. The van der Waals surface area contributed by atoms with Crippen molar-refractivity contribution in [2.75, 3.05) is 5.73 Å². The van der Waals surface area contributed by atoms with E-state index in [1.165, 1.54) is 0 Å². The largest absolute Gasteiger partial charge is 0.423 e. The molecule has 0 radical (unpaired) electrons. The first kappa shape index (κ1) is 8.63. The van der Waals surface area contributed by atoms with Gasteiger partial charge in [0.05, 0.1) is 5.69 Å². The van der Waals surface area contributed by atoms with Crippen LogP contribution in [0.2, 0.25) is 0 Å². The second-order valence-corrected chi connectivity index (χ2v) is 2.13. The SMILES string of the molecule is Nc1cc[nH]c(=O)c1C(F)(F)F. The molecule has 3 N–H and O–H groups in total. The van der Waals surface area contributed by atoms with Gasteiger partial charge in [0, 0.05) is 6.20 Å². The average Bonchev–Trinajstić information content (AvgIpc) is 1.82. The fourth-order valence-corrected chi connectivity index (χ4v) is 0.786. The molecule has 0 aliphatic rings. The molecule has 0 aliphatic heterocycles. The number of hydrogen-bond acceptors (Lipinski definition) is 2. The lowest BCUT2D eigenvalue weighted by atomic mass is 10.2. The van der Waals surface area contributed by atoms with E-state index in [2.05, 4.69) is 0 Å². The van der Waals surface area contributed by atoms with E-state index in [1.54, 1.807) is 0 Å². The molecule has 0 unspecified atom stereocenters. The number of anilines is 1. The summed E-state index contributed by atoms with van der Waals surface area (Å²) >= 11 is 0. The first-order valence-corrected chi connectivity index (χ1v) is 2.97. The summed E-state index contributed by atoms with van der Waals surface area (Å²) in [5.41, 5.74) is 1.84. The third-order valence-corrected chi connectivity index (χ3v) is 1.28. The quantitative estimate of drug-likeness (QED) is 0.622. The van der Waals surface area contributed by atoms with Crippen molar-refractivity contribution in [1.82, 2.24) is 4.98 Å². The Bertz CT molecular complexity index is 341. The fourth-order valence-electron chi connectivity index (χ4n) is 0.786. The van der Waals surface area contributed by atoms with E-state index in [4.69, 9.17) is 5.73 Å². The van der Waals surface area contributed by atoms with Crippen molar-refractivity contribution >= 4 is 5.69 Å². The molecule has 1 heterocycles. The monoisotopic (exact) mass is 178 g/mol. The first-order chi connectivity index (χ1) is 5.43. The molecule has 6 heteroatoms. The molecule has 0 atom stereocenters. The molecule has 0 saturated heterocycles. The number of rotatable bonds is 0. The van der Waals surface area contributed by atoms with Gasteiger partial charge in [0.1, 0.15) is 5.56 Å². The number of pyridine rings is 1. The second-order valence-electron chi connectivity index (χ2n) is 2.13. The van der Waals surface area contributed by atoms with Crippen LogP contribution in [0.1, 0.15) is 5.56 Å². The van der Waals surface area contributed by atoms with Crippen molar-refractivity contribution < 1.29 is 13.2 Å². The lowest BCUT2D eigenvalue weighted by Crippen LogP contribution is -2.22. The number of hydrogen-bond donors (Lipinski definition) is 2. The van der Waals surface area contributed by atoms with Crippen LogP contribution in [0.25, 0.3) is 0 Å². The van der Waals surface area contributed by atoms with Crippen LogP contribution in [0.4, 0.5) is 18.9 Å². The standard InChI is InChI=1S/C6H5F3N2O/c7-6(8,9)4-3(10)1-2-11-5(4)12/h1-2H,(H3,10,11,12). The van der Waals surface area contributed by atoms with Crippen LogP contribution in [0, 0.1) is 0 Å². The van der Waals surface area contributed by atoms with E-state index in [0.717, 1.165) is 12.3 Å². The highest BCUT2D eigenvalue weighted by molar-refractivity contribution is 5.45. The summed E-state index contributed by atoms with van der Waals surface area (Å²) in [4.78, 5) is 12.5. The summed E-state index contributed by atoms with van der Waals surface area (Å²) < 4.78 is 36.0. The lowest BCUT2D eigenvalue weighted by molar-refractivity contribution is -0.138. The highest BCUT2D eigenvalue weighted by atomic mass is 19.4. The minimum atomic E-state index is -4.70. The maximum Gasteiger partial charge on any atom is 0.423 e. The maximum atomic E-state index is 12.0. The summed E-state index contributed by atoms with van der Waals surface area (Å²) in [5, 5.41) is 0. The third-order valence-electron chi connectivity index (χ3n) is 1.28. The van der Waals surface area contributed by atoms with Gasteiger partial charge in [-0.15, -0.1) is 0 Å². The van der Waals surface area contributed by atoms with Gasteiger partial charge < -0.3 is 10.7 Å². The molecule has 0 fully saturated rings. The summed E-state index contributed by atoms with van der Waals surface area (Å²) in [6, 6.07) is 0.990. The molecule has 0 saturated carbocycles. The highest BCUT2D eigenvalue weighted by Gasteiger charge is 2.36. The zero-order valence-corrected chi connectivity index (χ0v) is 5.77. The summed E-state index contributed by atoms with van der Waals surface area (Å²) in [7, 11) is 0. The predicted octanol–water partition coefficient (Wildman–Crippen LogP) is 0.976. The number of aromatic amines is 1. The summed E-state index contributed by atoms with van der Waals surface area (Å²) in [6.07, 6.45) is -3.63. The van der Waals surface area contributed by atoms with Crippen LogP contribution < -0.4 is 11.3 Å². The Kier molecular flexibility index (Phi) is 1.83. The number of nitrogens with two attached hydrogens (primary N) is 1. The Morgan fingerprint density at radius 1 is 1.42 bits per heavy atom. The van der Waals surface area contributed by atoms with Gasteiger partial charge in [-0.25, -0.2) is 0 Å². The smallest absolute Gasteiger partial charge is 0.398 e. The van der Waals surface area contributed by atoms with Crippen LogP contribution in [0.5, 0.6) is 0 Å². The van der Waals surface area contributed by atoms with Gasteiger partial charge in [0.2, 0.25) is 0 Å². The van der Waals surface area contributed by atoms with Crippen LogP contribution in [-0.4, -0.2) is 4.98 Å². The van der Waals surface area contributed by atoms with Gasteiger partial charge >= 0.3 is 6.18 Å². The predicted molar refractivity (Wildman–Crippen MR) is 36.5 cm³/mol. The third kappa shape index (κ3) is 1.41. The molecule has 1 aromatic rings. The lowest BCUT2D eigenvalue weighted by Gasteiger charge is -2.06. The summed E-state index contributed by atoms with van der Waals surface area (Å²) in [6.45, 7) is 0. The van der Waals surface area contributed by atoms with Crippen molar-refractivity contribution in [3.05, 3.63) is 28.2 Å². The Balaban J connectivity index is 3.42. The number of halogens is 3. The maximum absolute atomic E-state index is 12.0. The minimum Gasteiger partial charge on any atom is -0.398 e. The topological polar surface area (TPSA) is 58.9 Å². The molecular formula is C6H5F3N2O. The van der Waals surface area contributed by atoms with Crippen LogP contribution in [0.3, 0.4) is 0 Å². The van der Waals surface area contributed by atoms with Gasteiger partial charge in [-0.05, 0) is 6.07 Å². The summed E-state index contributed by atoms with van der Waals surface area (Å²) in [5.74, 6) is 0. The molecular weight excluding hydrogens is 173 g/mol. The van der Waals surface area contributed by atoms with E-state index in [0.29, 0.717) is 0 Å². The van der Waals surface area contributed by atoms with Gasteiger partial charge in [-0.2, -0.15) is 13.2 Å². The van der Waals surface area contributed by atoms with E-state index < -0.39 is 23.0 Å². The van der Waals surface area contributed by atoms with Gasteiger partial charge in [0.25, 0.3) is 5.56 Å². The fraction of sp³-hybridized carbons (Fsp3) is 0.167. The molecule has 0 aliphatic carbocycles. The first-order valence-electron chi connectivity index (χ1n) is 2.97. The Hall–Kier alpha value is -1.46. The Morgan fingerprint density at radius 2 is 2.00 bits per heavy atom. The zero-order chi connectivity index (χ0) is 9.35. The second kappa shape index (κ2) is 2.54. The van der Waals surface area contributed by atoms with Crippen molar-refractivity contribution in [2.24, 2.45) is 0 Å². The molecule has 0 spiro atoms.